The van der Waals surface area contributed by atoms with E-state index in [-0.39, 0.29) is 11.7 Å². The molecule has 0 saturated carbocycles. The van der Waals surface area contributed by atoms with Crippen LogP contribution < -0.4 is 5.73 Å². The molecule has 0 aromatic carbocycles. The second-order valence-electron chi connectivity index (χ2n) is 2.36. The van der Waals surface area contributed by atoms with E-state index in [1.54, 1.807) is 0 Å². The normalized spacial score (nSPS) is 11.7. The molecule has 1 rings (SSSR count). The zero-order chi connectivity index (χ0) is 8.48. The SMILES string of the molecule is CS(=O)(=O)Cc1cnc(N)[nH]1. The number of hydrogen-bond acceptors (Lipinski definition) is 4. The van der Waals surface area contributed by atoms with Gasteiger partial charge in [-0.05, 0) is 0 Å². The summed E-state index contributed by atoms with van der Waals surface area (Å²) in [5.74, 6) is 0.195. The first-order valence-corrected chi connectivity index (χ1v) is 5.00. The quantitative estimate of drug-likeness (QED) is 0.636. The Hall–Kier alpha value is -1.04. The van der Waals surface area contributed by atoms with E-state index in [4.69, 9.17) is 5.73 Å². The molecule has 0 unspecified atom stereocenters. The molecule has 3 N–H and O–H groups in total. The first-order chi connectivity index (χ1) is 4.97. The van der Waals surface area contributed by atoms with Gasteiger partial charge in [-0.25, -0.2) is 13.4 Å². The van der Waals surface area contributed by atoms with Crippen LogP contribution in [0, 0.1) is 0 Å². The Bertz CT molecular complexity index is 340. The van der Waals surface area contributed by atoms with Gasteiger partial charge in [0.25, 0.3) is 0 Å². The third-order valence-electron chi connectivity index (χ3n) is 1.07. The van der Waals surface area contributed by atoms with Crippen molar-refractivity contribution in [1.82, 2.24) is 9.97 Å². The highest BCUT2D eigenvalue weighted by atomic mass is 32.2. The van der Waals surface area contributed by atoms with Crippen molar-refractivity contribution in [2.45, 2.75) is 5.75 Å². The Labute approximate surface area is 64.6 Å². The molecule has 5 nitrogen and oxygen atoms in total. The lowest BCUT2D eigenvalue weighted by molar-refractivity contribution is 0.600. The highest BCUT2D eigenvalue weighted by Gasteiger charge is 2.05. The zero-order valence-corrected chi connectivity index (χ0v) is 6.85. The van der Waals surface area contributed by atoms with E-state index < -0.39 is 9.84 Å². The summed E-state index contributed by atoms with van der Waals surface area (Å²) in [6.07, 6.45) is 2.57. The molecule has 6 heteroatoms. The molecule has 0 aliphatic heterocycles. The predicted molar refractivity (Wildman–Crippen MR) is 41.5 cm³/mol. The molecule has 0 fully saturated rings. The number of rotatable bonds is 2. The van der Waals surface area contributed by atoms with Crippen molar-refractivity contribution in [1.29, 1.82) is 0 Å². The molecule has 11 heavy (non-hydrogen) atoms. The lowest BCUT2D eigenvalue weighted by Gasteiger charge is -1.91. The average molecular weight is 175 g/mol. The second kappa shape index (κ2) is 2.54. The molecule has 0 aliphatic carbocycles. The molecule has 0 saturated heterocycles. The summed E-state index contributed by atoms with van der Waals surface area (Å²) in [5, 5.41) is 0. The Morgan fingerprint density at radius 3 is 2.73 bits per heavy atom. The van der Waals surface area contributed by atoms with Crippen molar-refractivity contribution in [2.24, 2.45) is 0 Å². The highest BCUT2D eigenvalue weighted by Crippen LogP contribution is 2.02. The van der Waals surface area contributed by atoms with Crippen molar-refractivity contribution in [3.63, 3.8) is 0 Å². The van der Waals surface area contributed by atoms with Crippen molar-refractivity contribution in [2.75, 3.05) is 12.0 Å². The Balaban J connectivity index is 2.81. The zero-order valence-electron chi connectivity index (χ0n) is 6.03. The maximum Gasteiger partial charge on any atom is 0.197 e. The second-order valence-corrected chi connectivity index (χ2v) is 4.50. The van der Waals surface area contributed by atoms with Gasteiger partial charge >= 0.3 is 0 Å². The summed E-state index contributed by atoms with van der Waals surface area (Å²) in [4.78, 5) is 6.28. The van der Waals surface area contributed by atoms with E-state index in [2.05, 4.69) is 9.97 Å². The van der Waals surface area contributed by atoms with E-state index in [1.807, 2.05) is 0 Å². The number of H-pyrrole nitrogens is 1. The molecular weight excluding hydrogens is 166 g/mol. The number of aromatic nitrogens is 2. The van der Waals surface area contributed by atoms with Crippen LogP contribution in [0.3, 0.4) is 0 Å². The van der Waals surface area contributed by atoms with Crippen LogP contribution in [0.5, 0.6) is 0 Å². The lowest BCUT2D eigenvalue weighted by atomic mass is 10.6. The summed E-state index contributed by atoms with van der Waals surface area (Å²) in [6, 6.07) is 0. The van der Waals surface area contributed by atoms with Crippen LogP contribution in [0.1, 0.15) is 5.69 Å². The number of hydrogen-bond donors (Lipinski definition) is 2. The Morgan fingerprint density at radius 2 is 2.36 bits per heavy atom. The Kier molecular flexibility index (Phi) is 1.86. The van der Waals surface area contributed by atoms with Gasteiger partial charge in [-0.3, -0.25) is 0 Å². The van der Waals surface area contributed by atoms with Crippen molar-refractivity contribution >= 4 is 15.8 Å². The van der Waals surface area contributed by atoms with Crippen molar-refractivity contribution in [3.8, 4) is 0 Å². The average Bonchev–Trinajstić information content (AvgIpc) is 2.10. The van der Waals surface area contributed by atoms with Gasteiger partial charge in [-0.15, -0.1) is 0 Å². The Morgan fingerprint density at radius 1 is 1.73 bits per heavy atom. The summed E-state index contributed by atoms with van der Waals surface area (Å²) in [5.41, 5.74) is 5.75. The van der Waals surface area contributed by atoms with Gasteiger partial charge < -0.3 is 10.7 Å². The minimum atomic E-state index is -2.99. The van der Waals surface area contributed by atoms with Crippen LogP contribution in [0.2, 0.25) is 0 Å². The fraction of sp³-hybridized carbons (Fsp3) is 0.400. The highest BCUT2D eigenvalue weighted by molar-refractivity contribution is 7.89. The number of imidazole rings is 1. The van der Waals surface area contributed by atoms with E-state index in [0.29, 0.717) is 5.69 Å². The van der Waals surface area contributed by atoms with Crippen LogP contribution in [-0.2, 0) is 15.6 Å². The van der Waals surface area contributed by atoms with Gasteiger partial charge in [0.15, 0.2) is 15.8 Å². The maximum atomic E-state index is 10.7. The topological polar surface area (TPSA) is 88.8 Å². The first kappa shape index (κ1) is 8.06. The number of nitrogens with one attached hydrogen (secondary N) is 1. The summed E-state index contributed by atoms with van der Waals surface area (Å²) in [7, 11) is -2.99. The molecule has 0 spiro atoms. The largest absolute Gasteiger partial charge is 0.369 e. The molecular formula is C5H9N3O2S. The minimum Gasteiger partial charge on any atom is -0.369 e. The molecule has 62 valence electrons. The van der Waals surface area contributed by atoms with Crippen LogP contribution >= 0.6 is 0 Å². The first-order valence-electron chi connectivity index (χ1n) is 2.94. The molecule has 0 radical (unpaired) electrons. The van der Waals surface area contributed by atoms with Crippen molar-refractivity contribution < 1.29 is 8.42 Å². The fourth-order valence-electron chi connectivity index (χ4n) is 0.732. The van der Waals surface area contributed by atoms with Gasteiger partial charge in [-0.2, -0.15) is 0 Å². The molecule has 0 bridgehead atoms. The molecule has 0 aliphatic rings. The third kappa shape index (κ3) is 2.58. The van der Waals surface area contributed by atoms with Gasteiger partial charge in [0.1, 0.15) is 0 Å². The van der Waals surface area contributed by atoms with Gasteiger partial charge in [-0.1, -0.05) is 0 Å². The van der Waals surface area contributed by atoms with Crippen molar-refractivity contribution in [3.05, 3.63) is 11.9 Å². The number of nitrogens with two attached hydrogens (primary N) is 1. The standard InChI is InChI=1S/C5H9N3O2S/c1-11(9,10)3-4-2-7-5(6)8-4/h2H,3H2,1H3,(H3,6,7,8). The monoisotopic (exact) mass is 175 g/mol. The van der Waals surface area contributed by atoms with Crippen LogP contribution in [0.4, 0.5) is 5.95 Å². The molecule has 1 heterocycles. The number of anilines is 1. The van der Waals surface area contributed by atoms with Crippen LogP contribution in [0.25, 0.3) is 0 Å². The predicted octanol–water partition coefficient (Wildman–Crippen LogP) is -0.463. The maximum absolute atomic E-state index is 10.7. The summed E-state index contributed by atoms with van der Waals surface area (Å²) >= 11 is 0. The van der Waals surface area contributed by atoms with Gasteiger partial charge in [0, 0.05) is 6.26 Å². The molecule has 1 aromatic heterocycles. The van der Waals surface area contributed by atoms with E-state index in [1.165, 1.54) is 6.20 Å². The number of aromatic amines is 1. The lowest BCUT2D eigenvalue weighted by Crippen LogP contribution is -2.00. The minimum absolute atomic E-state index is 0.0444. The summed E-state index contributed by atoms with van der Waals surface area (Å²) < 4.78 is 21.4. The molecule has 0 amide bonds. The van der Waals surface area contributed by atoms with Crippen LogP contribution in [-0.4, -0.2) is 24.6 Å². The smallest absolute Gasteiger partial charge is 0.197 e. The van der Waals surface area contributed by atoms with Gasteiger partial charge in [0.2, 0.25) is 0 Å². The molecule has 0 atom stereocenters. The number of sulfone groups is 1. The number of nitrogens with zero attached hydrogens (tertiary/aromatic N) is 1. The van der Waals surface area contributed by atoms with E-state index in [0.717, 1.165) is 6.26 Å². The molecule has 1 aromatic rings. The number of nitrogen functional groups attached to an aromatic ring is 1. The van der Waals surface area contributed by atoms with Gasteiger partial charge in [0.05, 0.1) is 17.6 Å². The van der Waals surface area contributed by atoms with E-state index in [9.17, 15) is 8.42 Å². The van der Waals surface area contributed by atoms with E-state index >= 15 is 0 Å². The third-order valence-corrected chi connectivity index (χ3v) is 1.90. The van der Waals surface area contributed by atoms with Crippen LogP contribution in [0.15, 0.2) is 6.20 Å². The summed E-state index contributed by atoms with van der Waals surface area (Å²) in [6.45, 7) is 0. The fourth-order valence-corrected chi connectivity index (χ4v) is 1.44.